The molecule has 8 nitrogen and oxygen atoms in total. The number of fused-ring (bicyclic) bond motifs is 5. The van der Waals surface area contributed by atoms with Crippen LogP contribution in [0.5, 0.6) is 0 Å². The number of carbonyl (C=O) groups is 2. The van der Waals surface area contributed by atoms with Gasteiger partial charge < -0.3 is 19.1 Å². The minimum Gasteiger partial charge on any atom is -0.466 e. The lowest BCUT2D eigenvalue weighted by molar-refractivity contribution is -0.175. The van der Waals surface area contributed by atoms with E-state index in [9.17, 15) is 19.5 Å². The number of ether oxygens (including phenoxy) is 2. The maximum Gasteiger partial charge on any atom is 0.343 e. The first-order chi connectivity index (χ1) is 17.0. The Morgan fingerprint density at radius 2 is 2.06 bits per heavy atom. The number of esters is 2. The second-order valence-electron chi connectivity index (χ2n) is 10.2. The molecule has 36 heavy (non-hydrogen) atoms. The number of hydrogen-bond acceptors (Lipinski definition) is 7. The van der Waals surface area contributed by atoms with Gasteiger partial charge in [0.1, 0.15) is 14.7 Å². The van der Waals surface area contributed by atoms with Crippen LogP contribution in [0.1, 0.15) is 35.6 Å². The summed E-state index contributed by atoms with van der Waals surface area (Å²) in [6.45, 7) is 7.67. The first kappa shape index (κ1) is 24.0. The summed E-state index contributed by atoms with van der Waals surface area (Å²) in [5.74, 6) is 1.89. The van der Waals surface area contributed by atoms with Gasteiger partial charge in [-0.05, 0) is 18.2 Å². The number of benzene rings is 1. The largest absolute Gasteiger partial charge is 0.466 e. The number of aliphatic hydroxyl groups is 1. The Morgan fingerprint density at radius 1 is 1.28 bits per heavy atom. The van der Waals surface area contributed by atoms with Crippen molar-refractivity contribution in [3.8, 4) is 22.9 Å². The molecule has 0 amide bonds. The molecule has 184 valence electrons. The van der Waals surface area contributed by atoms with Crippen molar-refractivity contribution in [2.24, 2.45) is 0 Å². The van der Waals surface area contributed by atoms with Crippen LogP contribution in [0.2, 0.25) is 19.6 Å². The van der Waals surface area contributed by atoms with Crippen molar-refractivity contribution < 1.29 is 24.2 Å². The summed E-state index contributed by atoms with van der Waals surface area (Å²) in [6.07, 6.45) is -0.226. The fraction of sp³-hybridized carbons (Fsp3) is 0.333. The number of pyridine rings is 2. The third-order valence-corrected chi connectivity index (χ3v) is 7.24. The number of cyclic esters (lactones) is 1. The molecule has 3 aromatic rings. The highest BCUT2D eigenvalue weighted by Gasteiger charge is 2.46. The molecule has 0 bridgehead atoms. The summed E-state index contributed by atoms with van der Waals surface area (Å²) in [5.41, 5.74) is 4.87. The molecule has 9 heteroatoms. The Labute approximate surface area is 208 Å². The highest BCUT2D eigenvalue weighted by molar-refractivity contribution is 6.83. The van der Waals surface area contributed by atoms with Crippen LogP contribution in [0.4, 0.5) is 0 Å². The van der Waals surface area contributed by atoms with E-state index in [4.69, 9.17) is 14.5 Å². The molecule has 1 N–H and O–H groups in total. The van der Waals surface area contributed by atoms with Crippen molar-refractivity contribution in [2.45, 2.75) is 51.7 Å². The predicted molar refractivity (Wildman–Crippen MR) is 136 cm³/mol. The monoisotopic (exact) mass is 502 g/mol. The maximum absolute atomic E-state index is 13.5. The zero-order chi connectivity index (χ0) is 25.8. The summed E-state index contributed by atoms with van der Waals surface area (Å²) in [4.78, 5) is 42.2. The van der Waals surface area contributed by atoms with E-state index in [0.717, 1.165) is 22.0 Å². The van der Waals surface area contributed by atoms with Crippen molar-refractivity contribution in [1.29, 1.82) is 0 Å². The molecule has 1 atom stereocenters. The van der Waals surface area contributed by atoms with Crippen molar-refractivity contribution in [3.63, 3.8) is 0 Å². The van der Waals surface area contributed by atoms with Gasteiger partial charge in [-0.3, -0.25) is 9.59 Å². The van der Waals surface area contributed by atoms with Gasteiger partial charge in [0, 0.05) is 29.9 Å². The molecule has 0 fully saturated rings. The number of para-hydroxylation sites is 1. The summed E-state index contributed by atoms with van der Waals surface area (Å²) in [5, 5.41) is 12.3. The van der Waals surface area contributed by atoms with Crippen LogP contribution in [-0.4, -0.2) is 41.3 Å². The lowest BCUT2D eigenvalue weighted by atomic mass is 9.85. The quantitative estimate of drug-likeness (QED) is 0.261. The average Bonchev–Trinajstić information content (AvgIpc) is 3.16. The third kappa shape index (κ3) is 4.02. The summed E-state index contributed by atoms with van der Waals surface area (Å²) in [7, 11) is -1.61. The van der Waals surface area contributed by atoms with E-state index in [1.807, 2.05) is 24.3 Å². The van der Waals surface area contributed by atoms with Crippen LogP contribution < -0.4 is 5.56 Å². The van der Waals surface area contributed by atoms with Gasteiger partial charge in [0.2, 0.25) is 0 Å². The van der Waals surface area contributed by atoms with Gasteiger partial charge in [0.05, 0.1) is 41.2 Å². The van der Waals surface area contributed by atoms with Gasteiger partial charge in [-0.1, -0.05) is 37.7 Å². The van der Waals surface area contributed by atoms with E-state index in [-0.39, 0.29) is 36.3 Å². The van der Waals surface area contributed by atoms with Crippen LogP contribution in [-0.2, 0) is 37.8 Å². The van der Waals surface area contributed by atoms with Crippen molar-refractivity contribution in [1.82, 2.24) is 9.55 Å². The molecule has 1 aromatic carbocycles. The zero-order valence-corrected chi connectivity index (χ0v) is 21.6. The fourth-order valence-electron chi connectivity index (χ4n) is 4.61. The van der Waals surface area contributed by atoms with Gasteiger partial charge in [0.15, 0.2) is 5.60 Å². The molecule has 0 spiro atoms. The fourth-order valence-corrected chi connectivity index (χ4v) is 5.12. The SMILES string of the molecule is CC(=O)OCC[C@@]1(O)C(=O)OCc2c1cc1n(c2=O)Cc2cc3cccc(C#C[Si](C)(C)C)c3nc2-1. The normalized spacial score (nSPS) is 18.0. The molecule has 0 saturated heterocycles. The number of nitrogens with zero attached hydrogens (tertiary/aromatic N) is 2. The number of carbonyl (C=O) groups excluding carboxylic acids is 2. The first-order valence-corrected chi connectivity index (χ1v) is 15.2. The van der Waals surface area contributed by atoms with Crippen molar-refractivity contribution in [2.75, 3.05) is 6.61 Å². The second kappa shape index (κ2) is 8.43. The van der Waals surface area contributed by atoms with E-state index in [1.54, 1.807) is 10.6 Å². The van der Waals surface area contributed by atoms with Crippen LogP contribution in [0, 0.1) is 11.5 Å². The minimum absolute atomic E-state index is 0.170. The van der Waals surface area contributed by atoms with E-state index in [2.05, 4.69) is 31.1 Å². The van der Waals surface area contributed by atoms with Gasteiger partial charge in [-0.15, -0.1) is 5.54 Å². The van der Waals surface area contributed by atoms with E-state index < -0.39 is 25.6 Å². The second-order valence-corrected chi connectivity index (χ2v) is 15.0. The zero-order valence-electron chi connectivity index (χ0n) is 20.6. The van der Waals surface area contributed by atoms with Crippen LogP contribution in [0.25, 0.3) is 22.3 Å². The van der Waals surface area contributed by atoms with E-state index in [0.29, 0.717) is 17.9 Å². The topological polar surface area (TPSA) is 108 Å². The lowest BCUT2D eigenvalue weighted by Crippen LogP contribution is -2.45. The van der Waals surface area contributed by atoms with Crippen LogP contribution in [0.15, 0.2) is 35.1 Å². The van der Waals surface area contributed by atoms with E-state index in [1.165, 1.54) is 6.92 Å². The molecule has 0 saturated carbocycles. The summed E-state index contributed by atoms with van der Waals surface area (Å²) in [6, 6.07) is 9.51. The van der Waals surface area contributed by atoms with Crippen molar-refractivity contribution in [3.05, 3.63) is 62.9 Å². The molecule has 0 unspecified atom stereocenters. The summed E-state index contributed by atoms with van der Waals surface area (Å²) < 4.78 is 11.7. The Bertz CT molecular complexity index is 1570. The van der Waals surface area contributed by atoms with Gasteiger partial charge in [0.25, 0.3) is 5.56 Å². The van der Waals surface area contributed by atoms with Crippen LogP contribution in [0.3, 0.4) is 0 Å². The number of hydrogen-bond donors (Lipinski definition) is 1. The highest BCUT2D eigenvalue weighted by atomic mass is 28.3. The van der Waals surface area contributed by atoms with Crippen LogP contribution >= 0.6 is 0 Å². The standard InChI is InChI=1S/C27H26N2O6Si/c1-16(30)34-10-9-27(33)21-13-22-24-19(14-29(22)25(31)20(21)15-35-26(27)32)12-18-7-5-6-17(23(18)28-24)8-11-36(2,3)4/h5-7,12-13,33H,9-10,14-15H2,1-4H3/t27-/m0/s1. The van der Waals surface area contributed by atoms with Gasteiger partial charge in [-0.25, -0.2) is 9.78 Å². The molecule has 5 rings (SSSR count). The first-order valence-electron chi connectivity index (χ1n) is 11.7. The number of aromatic nitrogens is 2. The Balaban J connectivity index is 1.67. The molecule has 0 aliphatic carbocycles. The molecular formula is C27H26N2O6Si. The highest BCUT2D eigenvalue weighted by Crippen LogP contribution is 2.39. The molecule has 0 radical (unpaired) electrons. The van der Waals surface area contributed by atoms with Crippen molar-refractivity contribution >= 4 is 30.9 Å². The molecule has 4 heterocycles. The summed E-state index contributed by atoms with van der Waals surface area (Å²) >= 11 is 0. The molecule has 2 aliphatic heterocycles. The molecule has 2 aromatic heterocycles. The van der Waals surface area contributed by atoms with E-state index >= 15 is 0 Å². The lowest BCUT2D eigenvalue weighted by Gasteiger charge is -2.32. The smallest absolute Gasteiger partial charge is 0.343 e. The Hall–Kier alpha value is -3.74. The Kier molecular flexibility index (Phi) is 5.61. The minimum atomic E-state index is -2.11. The number of rotatable bonds is 3. The molecule has 2 aliphatic rings. The van der Waals surface area contributed by atoms with Gasteiger partial charge >= 0.3 is 11.9 Å². The maximum atomic E-state index is 13.5. The predicted octanol–water partition coefficient (Wildman–Crippen LogP) is 2.85. The third-order valence-electron chi connectivity index (χ3n) is 6.37. The molecular weight excluding hydrogens is 476 g/mol. The average molecular weight is 503 g/mol. The van der Waals surface area contributed by atoms with Gasteiger partial charge in [-0.2, -0.15) is 0 Å². The Morgan fingerprint density at radius 3 is 2.78 bits per heavy atom.